The molecular formula is C18H13F4N5O3S2. The van der Waals surface area contributed by atoms with Gasteiger partial charge in [0.25, 0.3) is 5.56 Å². The zero-order valence-corrected chi connectivity index (χ0v) is 17.7. The van der Waals surface area contributed by atoms with Crippen molar-refractivity contribution < 1.29 is 22.4 Å². The van der Waals surface area contributed by atoms with Gasteiger partial charge in [-0.15, -0.1) is 24.0 Å². The topological polar surface area (TPSA) is 121 Å². The van der Waals surface area contributed by atoms with Crippen LogP contribution in [0.15, 0.2) is 38.2 Å². The van der Waals surface area contributed by atoms with E-state index in [2.05, 4.69) is 27.9 Å². The lowest BCUT2D eigenvalue weighted by molar-refractivity contribution is -0.137. The molecule has 0 bridgehead atoms. The van der Waals surface area contributed by atoms with E-state index in [0.29, 0.717) is 6.07 Å². The molecule has 3 aromatic rings. The summed E-state index contributed by atoms with van der Waals surface area (Å²) in [7, 11) is 1.19. The molecule has 0 saturated heterocycles. The minimum absolute atomic E-state index is 0.00362. The summed E-state index contributed by atoms with van der Waals surface area (Å²) in [4.78, 5) is 42.2. The zero-order valence-electron chi connectivity index (χ0n) is 16.0. The van der Waals surface area contributed by atoms with Crippen molar-refractivity contribution in [1.82, 2.24) is 14.5 Å². The Balaban J connectivity index is 1.77. The summed E-state index contributed by atoms with van der Waals surface area (Å²) in [5, 5.41) is 11.5. The van der Waals surface area contributed by atoms with Crippen molar-refractivity contribution in [3.8, 4) is 11.3 Å². The molecule has 0 unspecified atom stereocenters. The van der Waals surface area contributed by atoms with Crippen LogP contribution in [0, 0.1) is 11.2 Å². The van der Waals surface area contributed by atoms with Gasteiger partial charge in [-0.25, -0.2) is 14.2 Å². The maximum Gasteiger partial charge on any atom is 0.416 e. The lowest BCUT2D eigenvalue weighted by Gasteiger charge is -2.08. The number of benzene rings is 1. The average Bonchev–Trinajstić information content (AvgIpc) is 3.13. The van der Waals surface area contributed by atoms with Crippen molar-refractivity contribution in [3.63, 3.8) is 0 Å². The average molecular weight is 487 g/mol. The van der Waals surface area contributed by atoms with Crippen molar-refractivity contribution in [2.45, 2.75) is 17.6 Å². The molecular weight excluding hydrogens is 474 g/mol. The van der Waals surface area contributed by atoms with Crippen LogP contribution in [0.1, 0.15) is 17.5 Å². The van der Waals surface area contributed by atoms with Gasteiger partial charge in [0.2, 0.25) is 5.91 Å². The van der Waals surface area contributed by atoms with Crippen molar-refractivity contribution in [2.24, 2.45) is 7.05 Å². The fraction of sp³-hybridized carbons (Fsp3) is 0.167. The predicted octanol–water partition coefficient (Wildman–Crippen LogP) is 3.04. The number of halogens is 4. The Morgan fingerprint density at radius 2 is 2.00 bits per heavy atom. The third-order valence-corrected chi connectivity index (χ3v) is 5.29. The number of anilines is 1. The number of carbonyl (C=O) groups excluding carboxylic acids is 1. The highest BCUT2D eigenvalue weighted by atomic mass is 32.1. The number of aromatic nitrogens is 3. The van der Waals surface area contributed by atoms with Gasteiger partial charge in [0.05, 0.1) is 34.0 Å². The number of nitrogens with one attached hydrogen (secondary N) is 3. The van der Waals surface area contributed by atoms with Gasteiger partial charge in [-0.2, -0.15) is 13.2 Å². The van der Waals surface area contributed by atoms with Gasteiger partial charge in [-0.1, -0.05) is 0 Å². The molecule has 8 nitrogen and oxygen atoms in total. The minimum Gasteiger partial charge on any atom is -0.304 e. The van der Waals surface area contributed by atoms with Gasteiger partial charge in [0.1, 0.15) is 5.82 Å². The molecule has 0 saturated carbocycles. The molecule has 3 rings (SSSR count). The Morgan fingerprint density at radius 3 is 2.66 bits per heavy atom. The highest BCUT2D eigenvalue weighted by molar-refractivity contribution is 7.80. The molecule has 2 heterocycles. The molecule has 0 spiro atoms. The molecule has 0 aliphatic carbocycles. The second-order valence-corrected chi connectivity index (χ2v) is 7.79. The summed E-state index contributed by atoms with van der Waals surface area (Å²) >= 11 is 4.84. The largest absolute Gasteiger partial charge is 0.416 e. The third kappa shape index (κ3) is 4.96. The summed E-state index contributed by atoms with van der Waals surface area (Å²) in [5.41, 5.74) is -3.51. The quantitative estimate of drug-likeness (QED) is 0.191. The van der Waals surface area contributed by atoms with Crippen molar-refractivity contribution in [1.29, 1.82) is 5.41 Å². The van der Waals surface area contributed by atoms with Crippen molar-refractivity contribution in [2.75, 3.05) is 5.32 Å². The summed E-state index contributed by atoms with van der Waals surface area (Å²) in [6.07, 6.45) is -5.31. The minimum atomic E-state index is -4.74. The van der Waals surface area contributed by atoms with Gasteiger partial charge in [-0.3, -0.25) is 14.2 Å². The maximum absolute atomic E-state index is 13.6. The Hall–Kier alpha value is -3.26. The monoisotopic (exact) mass is 487 g/mol. The molecule has 0 fully saturated rings. The van der Waals surface area contributed by atoms with Crippen LogP contribution in [0.5, 0.6) is 0 Å². The van der Waals surface area contributed by atoms with Crippen LogP contribution in [0.3, 0.4) is 0 Å². The number of aromatic amines is 1. The summed E-state index contributed by atoms with van der Waals surface area (Å²) in [6.45, 7) is 0. The summed E-state index contributed by atoms with van der Waals surface area (Å²) in [6, 6.07) is 1.98. The highest BCUT2D eigenvalue weighted by Crippen LogP contribution is 2.34. The number of thiol groups is 1. The SMILES string of the molecule is Cn1c(=O)[nH]c(S)c(C(=N)CC(=O)Nc2nc(-c3cc(F)cc(C(F)(F)F)c3)cs2)c1=O. The number of hydrogen-bond acceptors (Lipinski definition) is 7. The van der Waals surface area contributed by atoms with Gasteiger partial charge in [0.15, 0.2) is 5.13 Å². The molecule has 0 atom stereocenters. The van der Waals surface area contributed by atoms with Crippen LogP contribution < -0.4 is 16.6 Å². The van der Waals surface area contributed by atoms with Crippen molar-refractivity contribution in [3.05, 3.63) is 61.4 Å². The van der Waals surface area contributed by atoms with E-state index >= 15 is 0 Å². The molecule has 1 aromatic carbocycles. The second kappa shape index (κ2) is 8.70. The molecule has 1 amide bonds. The Labute approximate surface area is 185 Å². The first-order valence-electron chi connectivity index (χ1n) is 8.60. The predicted molar refractivity (Wildman–Crippen MR) is 112 cm³/mol. The van der Waals surface area contributed by atoms with Gasteiger partial charge < -0.3 is 15.7 Å². The second-order valence-electron chi connectivity index (χ2n) is 6.49. The lowest BCUT2D eigenvalue weighted by atomic mass is 10.1. The molecule has 32 heavy (non-hydrogen) atoms. The molecule has 168 valence electrons. The number of hydrogen-bond donors (Lipinski definition) is 4. The van der Waals surface area contributed by atoms with E-state index in [1.54, 1.807) is 0 Å². The number of nitrogens with zero attached hydrogens (tertiary/aromatic N) is 2. The number of H-pyrrole nitrogens is 1. The smallest absolute Gasteiger partial charge is 0.304 e. The first kappa shape index (κ1) is 23.4. The third-order valence-electron chi connectivity index (χ3n) is 4.20. The molecule has 0 aliphatic rings. The number of carbonyl (C=O) groups is 1. The number of rotatable bonds is 5. The molecule has 2 aromatic heterocycles. The van der Waals surface area contributed by atoms with Crippen LogP contribution in [0.2, 0.25) is 0 Å². The summed E-state index contributed by atoms with van der Waals surface area (Å²) < 4.78 is 53.0. The molecule has 0 radical (unpaired) electrons. The molecule has 0 aliphatic heterocycles. The lowest BCUT2D eigenvalue weighted by Crippen LogP contribution is -2.37. The first-order chi connectivity index (χ1) is 14.9. The van der Waals surface area contributed by atoms with Crippen LogP contribution >= 0.6 is 24.0 Å². The number of alkyl halides is 3. The van der Waals surface area contributed by atoms with E-state index in [-0.39, 0.29) is 27.0 Å². The van der Waals surface area contributed by atoms with Gasteiger partial charge >= 0.3 is 11.9 Å². The van der Waals surface area contributed by atoms with Crippen LogP contribution in [0.25, 0.3) is 11.3 Å². The van der Waals surface area contributed by atoms with Crippen LogP contribution in [-0.2, 0) is 18.0 Å². The normalized spacial score (nSPS) is 11.4. The van der Waals surface area contributed by atoms with E-state index < -0.39 is 46.8 Å². The molecule has 14 heteroatoms. The Bertz CT molecular complexity index is 1340. The van der Waals surface area contributed by atoms with E-state index in [9.17, 15) is 31.9 Å². The number of amides is 1. The van der Waals surface area contributed by atoms with E-state index in [4.69, 9.17) is 5.41 Å². The fourth-order valence-electron chi connectivity index (χ4n) is 2.66. The van der Waals surface area contributed by atoms with E-state index in [0.717, 1.165) is 28.0 Å². The van der Waals surface area contributed by atoms with Gasteiger partial charge in [-0.05, 0) is 18.2 Å². The van der Waals surface area contributed by atoms with E-state index in [1.807, 2.05) is 0 Å². The Kier molecular flexibility index (Phi) is 6.37. The summed E-state index contributed by atoms with van der Waals surface area (Å²) in [5.74, 6) is -1.83. The van der Waals surface area contributed by atoms with E-state index in [1.165, 1.54) is 12.4 Å². The van der Waals surface area contributed by atoms with Crippen molar-refractivity contribution >= 4 is 40.7 Å². The maximum atomic E-state index is 13.6. The highest BCUT2D eigenvalue weighted by Gasteiger charge is 2.31. The number of thiazole rings is 1. The van der Waals surface area contributed by atoms with Crippen LogP contribution in [-0.4, -0.2) is 26.2 Å². The Morgan fingerprint density at radius 1 is 1.31 bits per heavy atom. The standard InChI is InChI=1S/C18H13F4N5O3S2/c1-27-15(29)13(14(31)26-17(27)30)10(23)5-12(28)25-16-24-11(6-32-16)7-2-8(18(20,21)22)4-9(19)3-7/h2-4,6,23,31H,5H2,1H3,(H,26,30)(H,24,25,28). The van der Waals surface area contributed by atoms with Crippen LogP contribution in [0.4, 0.5) is 22.7 Å². The fourth-order valence-corrected chi connectivity index (χ4v) is 3.72. The first-order valence-corrected chi connectivity index (χ1v) is 9.93. The van der Waals surface area contributed by atoms with Gasteiger partial charge in [0, 0.05) is 18.0 Å². The zero-order chi connectivity index (χ0) is 23.8. The molecule has 3 N–H and O–H groups in total.